The molecule has 118 valence electrons. The van der Waals surface area contributed by atoms with E-state index in [4.69, 9.17) is 21.7 Å². The van der Waals surface area contributed by atoms with E-state index in [1.807, 2.05) is 36.9 Å². The second-order valence-electron chi connectivity index (χ2n) is 4.77. The number of anilines is 1. The Labute approximate surface area is 135 Å². The Morgan fingerprint density at radius 3 is 2.64 bits per heavy atom. The van der Waals surface area contributed by atoms with Crippen LogP contribution in [0.25, 0.3) is 0 Å². The average Bonchev–Trinajstić information content (AvgIpc) is 2.84. The number of ether oxygens (including phenoxy) is 2. The molecule has 1 aromatic heterocycles. The fourth-order valence-corrected chi connectivity index (χ4v) is 2.14. The van der Waals surface area contributed by atoms with Gasteiger partial charge in [0.2, 0.25) is 0 Å². The van der Waals surface area contributed by atoms with Gasteiger partial charge in [-0.1, -0.05) is 0 Å². The zero-order valence-corrected chi connectivity index (χ0v) is 14.0. The van der Waals surface area contributed by atoms with Crippen molar-refractivity contribution < 1.29 is 9.47 Å². The largest absolute Gasteiger partial charge is 0.497 e. The van der Waals surface area contributed by atoms with Gasteiger partial charge in [-0.25, -0.2) is 0 Å². The number of nitrogens with one attached hydrogen (secondary N) is 2. The van der Waals surface area contributed by atoms with Crippen molar-refractivity contribution in [2.75, 3.05) is 19.5 Å². The van der Waals surface area contributed by atoms with Crippen LogP contribution in [0.2, 0.25) is 0 Å². The number of benzene rings is 1. The number of rotatable bonds is 5. The summed E-state index contributed by atoms with van der Waals surface area (Å²) in [7, 11) is 5.13. The highest BCUT2D eigenvalue weighted by molar-refractivity contribution is 7.80. The Morgan fingerprint density at radius 2 is 2.05 bits per heavy atom. The van der Waals surface area contributed by atoms with Crippen molar-refractivity contribution >= 4 is 23.0 Å². The van der Waals surface area contributed by atoms with E-state index >= 15 is 0 Å². The normalized spacial score (nSPS) is 10.2. The van der Waals surface area contributed by atoms with E-state index in [9.17, 15) is 0 Å². The van der Waals surface area contributed by atoms with Gasteiger partial charge in [0, 0.05) is 18.8 Å². The first kappa shape index (κ1) is 16.1. The van der Waals surface area contributed by atoms with Crippen molar-refractivity contribution in [3.05, 3.63) is 35.7 Å². The molecule has 1 aromatic carbocycles. The van der Waals surface area contributed by atoms with Gasteiger partial charge in [0.1, 0.15) is 11.5 Å². The monoisotopic (exact) mass is 320 g/mol. The number of hydrogen-bond acceptors (Lipinski definition) is 4. The van der Waals surface area contributed by atoms with E-state index < -0.39 is 0 Å². The van der Waals surface area contributed by atoms with Crippen LogP contribution in [0.5, 0.6) is 11.5 Å². The summed E-state index contributed by atoms with van der Waals surface area (Å²) in [5, 5.41) is 11.1. The predicted molar refractivity (Wildman–Crippen MR) is 90.6 cm³/mol. The minimum absolute atomic E-state index is 0.506. The molecule has 0 bridgehead atoms. The SMILES string of the molecule is COc1ccc(NC(=S)NCc2cc(C)n(C)n2)c(OC)c1. The van der Waals surface area contributed by atoms with Crippen LogP contribution in [0.4, 0.5) is 5.69 Å². The van der Waals surface area contributed by atoms with Crippen molar-refractivity contribution in [2.24, 2.45) is 7.05 Å². The maximum Gasteiger partial charge on any atom is 0.171 e. The molecular formula is C15H20N4O2S. The molecule has 0 saturated carbocycles. The van der Waals surface area contributed by atoms with Crippen LogP contribution in [-0.4, -0.2) is 29.1 Å². The predicted octanol–water partition coefficient (Wildman–Crippen LogP) is 2.23. The van der Waals surface area contributed by atoms with Gasteiger partial charge < -0.3 is 20.1 Å². The highest BCUT2D eigenvalue weighted by Crippen LogP contribution is 2.28. The van der Waals surface area contributed by atoms with Crippen LogP contribution in [0, 0.1) is 6.92 Å². The molecule has 22 heavy (non-hydrogen) atoms. The number of aromatic nitrogens is 2. The quantitative estimate of drug-likeness (QED) is 0.824. The van der Waals surface area contributed by atoms with Gasteiger partial charge in [-0.15, -0.1) is 0 Å². The van der Waals surface area contributed by atoms with Crippen molar-refractivity contribution in [2.45, 2.75) is 13.5 Å². The molecule has 0 amide bonds. The Balaban J connectivity index is 1.97. The summed E-state index contributed by atoms with van der Waals surface area (Å²) in [6, 6.07) is 7.52. The van der Waals surface area contributed by atoms with Gasteiger partial charge in [-0.05, 0) is 37.3 Å². The molecule has 1 heterocycles. The zero-order valence-electron chi connectivity index (χ0n) is 13.1. The van der Waals surface area contributed by atoms with E-state index in [-0.39, 0.29) is 0 Å². The summed E-state index contributed by atoms with van der Waals surface area (Å²) < 4.78 is 12.3. The van der Waals surface area contributed by atoms with Gasteiger partial charge in [-0.2, -0.15) is 5.10 Å². The second-order valence-corrected chi connectivity index (χ2v) is 5.18. The fourth-order valence-electron chi connectivity index (χ4n) is 1.96. The van der Waals surface area contributed by atoms with E-state index in [2.05, 4.69) is 15.7 Å². The highest BCUT2D eigenvalue weighted by atomic mass is 32.1. The number of methoxy groups -OCH3 is 2. The molecule has 2 N–H and O–H groups in total. The maximum absolute atomic E-state index is 5.32. The molecule has 6 nitrogen and oxygen atoms in total. The smallest absolute Gasteiger partial charge is 0.171 e. The Morgan fingerprint density at radius 1 is 1.27 bits per heavy atom. The second kappa shape index (κ2) is 7.13. The first-order valence-corrected chi connectivity index (χ1v) is 7.20. The zero-order chi connectivity index (χ0) is 16.1. The van der Waals surface area contributed by atoms with Gasteiger partial charge in [0.05, 0.1) is 32.1 Å². The first-order valence-electron chi connectivity index (χ1n) is 6.80. The minimum Gasteiger partial charge on any atom is -0.497 e. The van der Waals surface area contributed by atoms with E-state index in [0.29, 0.717) is 17.4 Å². The molecule has 7 heteroatoms. The first-order chi connectivity index (χ1) is 10.5. The van der Waals surface area contributed by atoms with Crippen LogP contribution in [0.3, 0.4) is 0 Å². The lowest BCUT2D eigenvalue weighted by Crippen LogP contribution is -2.28. The molecule has 2 rings (SSSR count). The van der Waals surface area contributed by atoms with Gasteiger partial charge in [-0.3, -0.25) is 4.68 Å². The number of aryl methyl sites for hydroxylation is 2. The third-order valence-corrected chi connectivity index (χ3v) is 3.50. The maximum atomic E-state index is 5.32. The summed E-state index contributed by atoms with van der Waals surface area (Å²) in [6.07, 6.45) is 0. The fraction of sp³-hybridized carbons (Fsp3) is 0.333. The van der Waals surface area contributed by atoms with Crippen molar-refractivity contribution in [1.29, 1.82) is 0 Å². The highest BCUT2D eigenvalue weighted by Gasteiger charge is 2.07. The van der Waals surface area contributed by atoms with E-state index in [1.54, 1.807) is 20.3 Å². The van der Waals surface area contributed by atoms with Gasteiger partial charge >= 0.3 is 0 Å². The minimum atomic E-state index is 0.506. The van der Waals surface area contributed by atoms with Crippen LogP contribution >= 0.6 is 12.2 Å². The molecule has 0 aliphatic rings. The molecular weight excluding hydrogens is 300 g/mol. The van der Waals surface area contributed by atoms with Crippen LogP contribution in [0.15, 0.2) is 24.3 Å². The summed E-state index contributed by atoms with van der Waals surface area (Å²) in [5.74, 6) is 1.39. The molecule has 0 saturated heterocycles. The molecule has 0 radical (unpaired) electrons. The third-order valence-electron chi connectivity index (χ3n) is 3.25. The molecule has 0 unspecified atom stereocenters. The standard InChI is InChI=1S/C15H20N4O2S/c1-10-7-11(18-19(10)2)9-16-15(22)17-13-6-5-12(20-3)8-14(13)21-4/h5-8H,9H2,1-4H3,(H2,16,17,22). The van der Waals surface area contributed by atoms with E-state index in [0.717, 1.165) is 22.8 Å². The van der Waals surface area contributed by atoms with Crippen molar-refractivity contribution in [1.82, 2.24) is 15.1 Å². The lowest BCUT2D eigenvalue weighted by molar-refractivity contribution is 0.395. The molecule has 0 aliphatic carbocycles. The summed E-state index contributed by atoms with van der Waals surface area (Å²) in [6.45, 7) is 2.57. The number of thiocarbonyl (C=S) groups is 1. The van der Waals surface area contributed by atoms with Crippen molar-refractivity contribution in [3.63, 3.8) is 0 Å². The Hall–Kier alpha value is -2.28. The van der Waals surface area contributed by atoms with Gasteiger partial charge in [0.15, 0.2) is 5.11 Å². The Kier molecular flexibility index (Phi) is 5.21. The Bertz CT molecular complexity index is 650. The van der Waals surface area contributed by atoms with Crippen LogP contribution < -0.4 is 20.1 Å². The molecule has 0 fully saturated rings. The third kappa shape index (κ3) is 3.88. The molecule has 0 atom stereocenters. The lowest BCUT2D eigenvalue weighted by Gasteiger charge is -2.13. The molecule has 0 spiro atoms. The van der Waals surface area contributed by atoms with Gasteiger partial charge in [0.25, 0.3) is 0 Å². The van der Waals surface area contributed by atoms with Crippen LogP contribution in [0.1, 0.15) is 11.4 Å². The van der Waals surface area contributed by atoms with Crippen LogP contribution in [-0.2, 0) is 13.6 Å². The summed E-state index contributed by atoms with van der Waals surface area (Å²) >= 11 is 5.30. The van der Waals surface area contributed by atoms with E-state index in [1.165, 1.54) is 0 Å². The molecule has 0 aliphatic heterocycles. The number of nitrogens with zero attached hydrogens (tertiary/aromatic N) is 2. The average molecular weight is 320 g/mol. The lowest BCUT2D eigenvalue weighted by atomic mass is 10.2. The summed E-state index contributed by atoms with van der Waals surface area (Å²) in [4.78, 5) is 0. The van der Waals surface area contributed by atoms with Crippen molar-refractivity contribution in [3.8, 4) is 11.5 Å². The number of hydrogen-bond donors (Lipinski definition) is 2. The topological polar surface area (TPSA) is 60.3 Å². The molecule has 2 aromatic rings. The summed E-state index contributed by atoms with van der Waals surface area (Å²) in [5.41, 5.74) is 2.82.